The maximum Gasteiger partial charge on any atom is 0.232 e. The van der Waals surface area contributed by atoms with Gasteiger partial charge in [0.1, 0.15) is 0 Å². The van der Waals surface area contributed by atoms with Gasteiger partial charge in [0.15, 0.2) is 0 Å². The largest absolute Gasteiger partial charge is 0.330 e. The SMILES string of the molecule is CC(C)OP(=O)(CCCN)c1ccccc1. The van der Waals surface area contributed by atoms with Crippen molar-refractivity contribution in [3.8, 4) is 0 Å². The zero-order valence-corrected chi connectivity index (χ0v) is 10.8. The molecule has 0 radical (unpaired) electrons. The first-order chi connectivity index (χ1) is 7.58. The van der Waals surface area contributed by atoms with Crippen molar-refractivity contribution >= 4 is 12.7 Å². The van der Waals surface area contributed by atoms with Crippen molar-refractivity contribution < 1.29 is 9.09 Å². The van der Waals surface area contributed by atoms with Crippen LogP contribution in [0.5, 0.6) is 0 Å². The molecule has 0 saturated heterocycles. The predicted octanol–water partition coefficient (Wildman–Crippen LogP) is 2.36. The standard InChI is InChI=1S/C12H20NO2P/c1-11(2)15-16(14,10-6-9-13)12-7-4-3-5-8-12/h3-5,7-8,11H,6,9-10,13H2,1-2H3. The first-order valence-corrected chi connectivity index (χ1v) is 7.42. The number of rotatable bonds is 6. The van der Waals surface area contributed by atoms with E-state index in [-0.39, 0.29) is 6.10 Å². The number of benzene rings is 1. The van der Waals surface area contributed by atoms with Crippen molar-refractivity contribution in [2.45, 2.75) is 26.4 Å². The van der Waals surface area contributed by atoms with E-state index in [0.29, 0.717) is 12.7 Å². The van der Waals surface area contributed by atoms with Crippen LogP contribution in [0.4, 0.5) is 0 Å². The molecule has 1 aromatic rings. The van der Waals surface area contributed by atoms with Crippen molar-refractivity contribution in [3.05, 3.63) is 30.3 Å². The van der Waals surface area contributed by atoms with E-state index >= 15 is 0 Å². The van der Waals surface area contributed by atoms with Crippen molar-refractivity contribution in [2.24, 2.45) is 5.73 Å². The molecule has 4 heteroatoms. The van der Waals surface area contributed by atoms with Crippen LogP contribution in [0.1, 0.15) is 20.3 Å². The van der Waals surface area contributed by atoms with E-state index in [4.69, 9.17) is 10.3 Å². The lowest BCUT2D eigenvalue weighted by molar-refractivity contribution is 0.248. The van der Waals surface area contributed by atoms with Crippen LogP contribution in [0.3, 0.4) is 0 Å². The summed E-state index contributed by atoms with van der Waals surface area (Å²) in [7, 11) is -2.72. The Morgan fingerprint density at radius 3 is 2.44 bits per heavy atom. The van der Waals surface area contributed by atoms with Gasteiger partial charge in [-0.1, -0.05) is 18.2 Å². The Balaban J connectivity index is 2.91. The molecular formula is C12H20NO2P. The summed E-state index contributed by atoms with van der Waals surface area (Å²) in [6, 6.07) is 9.40. The van der Waals surface area contributed by atoms with Crippen LogP contribution in [0.15, 0.2) is 30.3 Å². The molecule has 0 bridgehead atoms. The summed E-state index contributed by atoms with van der Waals surface area (Å²) >= 11 is 0. The molecule has 1 atom stereocenters. The van der Waals surface area contributed by atoms with Crippen molar-refractivity contribution in [1.29, 1.82) is 0 Å². The Bertz CT molecular complexity index is 351. The molecule has 0 aliphatic rings. The fourth-order valence-electron chi connectivity index (χ4n) is 1.54. The number of hydrogen-bond acceptors (Lipinski definition) is 3. The van der Waals surface area contributed by atoms with E-state index < -0.39 is 7.37 Å². The van der Waals surface area contributed by atoms with Crippen LogP contribution in [0.2, 0.25) is 0 Å². The van der Waals surface area contributed by atoms with Gasteiger partial charge in [0.25, 0.3) is 0 Å². The van der Waals surface area contributed by atoms with E-state index in [9.17, 15) is 4.57 Å². The second kappa shape index (κ2) is 6.19. The van der Waals surface area contributed by atoms with E-state index in [0.717, 1.165) is 11.7 Å². The number of nitrogens with two attached hydrogens (primary N) is 1. The van der Waals surface area contributed by atoms with Gasteiger partial charge in [-0.3, -0.25) is 4.57 Å². The highest BCUT2D eigenvalue weighted by atomic mass is 31.2. The smallest absolute Gasteiger partial charge is 0.232 e. The monoisotopic (exact) mass is 241 g/mol. The van der Waals surface area contributed by atoms with E-state index in [2.05, 4.69) is 0 Å². The lowest BCUT2D eigenvalue weighted by Gasteiger charge is -2.21. The van der Waals surface area contributed by atoms with Gasteiger partial charge in [0, 0.05) is 11.5 Å². The number of hydrogen-bond donors (Lipinski definition) is 1. The van der Waals surface area contributed by atoms with Crippen LogP contribution in [0.25, 0.3) is 0 Å². The lowest BCUT2D eigenvalue weighted by atomic mass is 10.4. The van der Waals surface area contributed by atoms with Gasteiger partial charge in [-0.2, -0.15) is 0 Å². The third kappa shape index (κ3) is 3.75. The molecule has 0 spiro atoms. The first-order valence-electron chi connectivity index (χ1n) is 5.61. The summed E-state index contributed by atoms with van der Waals surface area (Å²) in [5, 5.41) is 0.789. The highest BCUT2D eigenvalue weighted by molar-refractivity contribution is 7.67. The topological polar surface area (TPSA) is 52.3 Å². The molecule has 0 aliphatic carbocycles. The minimum atomic E-state index is -2.72. The predicted molar refractivity (Wildman–Crippen MR) is 68.4 cm³/mol. The quantitative estimate of drug-likeness (QED) is 0.778. The molecule has 3 nitrogen and oxygen atoms in total. The lowest BCUT2D eigenvalue weighted by Crippen LogP contribution is -2.15. The Morgan fingerprint density at radius 1 is 1.31 bits per heavy atom. The zero-order chi connectivity index (χ0) is 12.0. The first kappa shape index (κ1) is 13.4. The van der Waals surface area contributed by atoms with Crippen molar-refractivity contribution in [2.75, 3.05) is 12.7 Å². The van der Waals surface area contributed by atoms with Crippen LogP contribution in [-0.2, 0) is 9.09 Å². The average molecular weight is 241 g/mol. The highest BCUT2D eigenvalue weighted by Crippen LogP contribution is 2.47. The minimum absolute atomic E-state index is 0.0381. The Hall–Kier alpha value is -0.630. The molecule has 90 valence electrons. The Morgan fingerprint density at radius 2 is 1.94 bits per heavy atom. The molecule has 0 amide bonds. The van der Waals surface area contributed by atoms with Crippen LogP contribution < -0.4 is 11.0 Å². The second-order valence-corrected chi connectivity index (χ2v) is 6.55. The third-order valence-electron chi connectivity index (χ3n) is 2.19. The average Bonchev–Trinajstić information content (AvgIpc) is 2.27. The fraction of sp³-hybridized carbons (Fsp3) is 0.500. The molecule has 1 unspecified atom stereocenters. The molecule has 0 saturated carbocycles. The van der Waals surface area contributed by atoms with Crippen LogP contribution >= 0.6 is 7.37 Å². The molecule has 0 aliphatic heterocycles. The Labute approximate surface area is 97.5 Å². The van der Waals surface area contributed by atoms with E-state index in [1.807, 2.05) is 44.2 Å². The molecule has 1 rings (SSSR count). The maximum absolute atomic E-state index is 12.7. The fourth-order valence-corrected chi connectivity index (χ4v) is 3.93. The van der Waals surface area contributed by atoms with Gasteiger partial charge in [-0.05, 0) is 38.9 Å². The summed E-state index contributed by atoms with van der Waals surface area (Å²) in [4.78, 5) is 0. The molecule has 0 heterocycles. The van der Waals surface area contributed by atoms with Gasteiger partial charge in [0.2, 0.25) is 7.37 Å². The highest BCUT2D eigenvalue weighted by Gasteiger charge is 2.26. The summed E-state index contributed by atoms with van der Waals surface area (Å²) in [5.74, 6) is 0. The summed E-state index contributed by atoms with van der Waals surface area (Å²) in [5.41, 5.74) is 5.47. The van der Waals surface area contributed by atoms with Crippen LogP contribution in [-0.4, -0.2) is 18.8 Å². The Kier molecular flexibility index (Phi) is 5.20. The third-order valence-corrected chi connectivity index (χ3v) is 4.94. The van der Waals surface area contributed by atoms with E-state index in [1.165, 1.54) is 0 Å². The summed E-state index contributed by atoms with van der Waals surface area (Å²) < 4.78 is 18.3. The molecule has 1 aromatic carbocycles. The zero-order valence-electron chi connectivity index (χ0n) is 9.93. The second-order valence-electron chi connectivity index (χ2n) is 4.03. The molecule has 2 N–H and O–H groups in total. The van der Waals surface area contributed by atoms with Gasteiger partial charge < -0.3 is 10.3 Å². The van der Waals surface area contributed by atoms with Crippen molar-refractivity contribution in [3.63, 3.8) is 0 Å². The minimum Gasteiger partial charge on any atom is -0.330 e. The normalized spacial score (nSPS) is 15.0. The molecule has 0 fully saturated rings. The van der Waals surface area contributed by atoms with Crippen molar-refractivity contribution in [1.82, 2.24) is 0 Å². The molecule has 0 aromatic heterocycles. The van der Waals surface area contributed by atoms with Crippen LogP contribution in [0, 0.1) is 0 Å². The van der Waals surface area contributed by atoms with Gasteiger partial charge in [-0.15, -0.1) is 0 Å². The van der Waals surface area contributed by atoms with E-state index in [1.54, 1.807) is 0 Å². The van der Waals surface area contributed by atoms with Gasteiger partial charge in [-0.25, -0.2) is 0 Å². The molecule has 16 heavy (non-hydrogen) atoms. The van der Waals surface area contributed by atoms with Gasteiger partial charge >= 0.3 is 0 Å². The molecular weight excluding hydrogens is 221 g/mol. The summed E-state index contributed by atoms with van der Waals surface area (Å²) in [6.45, 7) is 4.34. The van der Waals surface area contributed by atoms with Gasteiger partial charge in [0.05, 0.1) is 6.10 Å². The maximum atomic E-state index is 12.7. The summed E-state index contributed by atoms with van der Waals surface area (Å²) in [6.07, 6.45) is 1.20.